The molecule has 0 radical (unpaired) electrons. The summed E-state index contributed by atoms with van der Waals surface area (Å²) in [7, 11) is 0. The number of aliphatic hydroxyl groups is 1. The number of esters is 1. The number of carbonyl (C=O) groups excluding carboxylic acids is 4. The van der Waals surface area contributed by atoms with Gasteiger partial charge in [-0.05, 0) is 67.0 Å². The lowest BCUT2D eigenvalue weighted by molar-refractivity contribution is -0.150. The molecule has 3 aromatic rings. The monoisotopic (exact) mass is 611 g/mol. The Morgan fingerprint density at radius 3 is 2.51 bits per heavy atom. The highest BCUT2D eigenvalue weighted by Gasteiger charge is 2.33. The summed E-state index contributed by atoms with van der Waals surface area (Å²) in [6.45, 7) is 0.0842. The standard InChI is InChI=1S/C36H41N3O6/c40-23-31-16-9-19-39(31)33(41)22-28-14-5-2-6-15-29(20-25-10-3-1-4-11-25)36(44)45-24-32(38-34(28)42)35(43)37-30-18-17-26-12-7-8-13-27(26)21-30/h1-5,7-8,10-13,17-18,21,28-29,31-32,40H,6,9,14-16,19-20,22-24H2,(H,37,43)(H,38,42). The number of allylic oxidation sites excluding steroid dienone is 2. The van der Waals surface area contributed by atoms with Crippen molar-refractivity contribution in [1.29, 1.82) is 0 Å². The Bertz CT molecular complexity index is 1520. The lowest BCUT2D eigenvalue weighted by Gasteiger charge is -2.26. The topological polar surface area (TPSA) is 125 Å². The lowest BCUT2D eigenvalue weighted by atomic mass is 9.94. The van der Waals surface area contributed by atoms with Crippen LogP contribution in [-0.4, -0.2) is 65.5 Å². The number of anilines is 1. The van der Waals surface area contributed by atoms with Crippen molar-refractivity contribution in [3.05, 3.63) is 90.5 Å². The van der Waals surface area contributed by atoms with E-state index in [1.54, 1.807) is 11.0 Å². The number of benzene rings is 3. The minimum Gasteiger partial charge on any atom is -0.463 e. The molecule has 0 aliphatic carbocycles. The normalized spacial score (nSPS) is 22.9. The Hall–Kier alpha value is -4.50. The van der Waals surface area contributed by atoms with Gasteiger partial charge in [0.25, 0.3) is 5.91 Å². The molecule has 9 heteroatoms. The smallest absolute Gasteiger partial charge is 0.309 e. The quantitative estimate of drug-likeness (QED) is 0.269. The maximum Gasteiger partial charge on any atom is 0.309 e. The molecule has 45 heavy (non-hydrogen) atoms. The molecular weight excluding hydrogens is 570 g/mol. The Balaban J connectivity index is 1.36. The molecule has 2 heterocycles. The summed E-state index contributed by atoms with van der Waals surface area (Å²) in [6, 6.07) is 21.6. The Labute approximate surface area is 263 Å². The van der Waals surface area contributed by atoms with Crippen LogP contribution in [0.3, 0.4) is 0 Å². The third-order valence-electron chi connectivity index (χ3n) is 8.67. The van der Waals surface area contributed by atoms with Gasteiger partial charge >= 0.3 is 5.97 Å². The SMILES string of the molecule is O=C1NC(C(=O)Nc2ccc3ccccc3c2)COC(=O)C(Cc2ccccc2)CCC=CCC1CC(=O)N1CCCC1CO. The maximum atomic E-state index is 13.7. The van der Waals surface area contributed by atoms with Gasteiger partial charge in [0.05, 0.1) is 24.5 Å². The number of nitrogens with one attached hydrogen (secondary N) is 2. The van der Waals surface area contributed by atoms with Crippen LogP contribution in [0.15, 0.2) is 84.9 Å². The predicted molar refractivity (Wildman–Crippen MR) is 172 cm³/mol. The number of rotatable bonds is 7. The van der Waals surface area contributed by atoms with Crippen LogP contribution in [0.5, 0.6) is 0 Å². The third-order valence-corrected chi connectivity index (χ3v) is 8.67. The first-order chi connectivity index (χ1) is 21.9. The number of amides is 3. The van der Waals surface area contributed by atoms with Gasteiger partial charge in [-0.1, -0.05) is 72.8 Å². The first-order valence-corrected chi connectivity index (χ1v) is 15.8. The molecule has 9 nitrogen and oxygen atoms in total. The Morgan fingerprint density at radius 2 is 1.71 bits per heavy atom. The van der Waals surface area contributed by atoms with Crippen molar-refractivity contribution in [1.82, 2.24) is 10.2 Å². The van der Waals surface area contributed by atoms with E-state index >= 15 is 0 Å². The van der Waals surface area contributed by atoms with Crippen molar-refractivity contribution in [3.63, 3.8) is 0 Å². The molecule has 0 aromatic heterocycles. The van der Waals surface area contributed by atoms with Crippen molar-refractivity contribution >= 4 is 40.2 Å². The average molecular weight is 612 g/mol. The fourth-order valence-electron chi connectivity index (χ4n) is 6.09. The molecule has 0 bridgehead atoms. The van der Waals surface area contributed by atoms with Crippen LogP contribution in [0.1, 0.15) is 44.1 Å². The van der Waals surface area contributed by atoms with Crippen molar-refractivity contribution in [3.8, 4) is 0 Å². The van der Waals surface area contributed by atoms with Crippen LogP contribution in [0.4, 0.5) is 5.69 Å². The number of hydrogen-bond acceptors (Lipinski definition) is 6. The van der Waals surface area contributed by atoms with Gasteiger partial charge < -0.3 is 25.4 Å². The molecule has 4 unspecified atom stereocenters. The van der Waals surface area contributed by atoms with Gasteiger partial charge in [-0.2, -0.15) is 0 Å². The minimum atomic E-state index is -1.18. The van der Waals surface area contributed by atoms with E-state index < -0.39 is 35.7 Å². The highest BCUT2D eigenvalue weighted by atomic mass is 16.5. The van der Waals surface area contributed by atoms with Crippen molar-refractivity contribution in [2.24, 2.45) is 11.8 Å². The molecule has 0 spiro atoms. The average Bonchev–Trinajstić information content (AvgIpc) is 3.54. The zero-order valence-electron chi connectivity index (χ0n) is 25.4. The van der Waals surface area contributed by atoms with Gasteiger partial charge in [-0.25, -0.2) is 0 Å². The van der Waals surface area contributed by atoms with E-state index in [4.69, 9.17) is 4.74 Å². The van der Waals surface area contributed by atoms with E-state index in [1.165, 1.54) is 0 Å². The molecule has 5 rings (SSSR count). The summed E-state index contributed by atoms with van der Waals surface area (Å²) in [5.41, 5.74) is 1.55. The molecule has 2 aliphatic heterocycles. The number of hydrogen-bond donors (Lipinski definition) is 3. The van der Waals surface area contributed by atoms with Gasteiger partial charge in [0.2, 0.25) is 11.8 Å². The minimum absolute atomic E-state index is 0.0535. The predicted octanol–water partition coefficient (Wildman–Crippen LogP) is 4.39. The molecule has 3 amide bonds. The van der Waals surface area contributed by atoms with Gasteiger partial charge in [0, 0.05) is 18.7 Å². The van der Waals surface area contributed by atoms with E-state index in [0.29, 0.717) is 37.9 Å². The number of cyclic esters (lactones) is 1. The van der Waals surface area contributed by atoms with Crippen LogP contribution in [-0.2, 0) is 30.3 Å². The first-order valence-electron chi connectivity index (χ1n) is 15.8. The fraction of sp³-hybridized carbons (Fsp3) is 0.389. The second-order valence-corrected chi connectivity index (χ2v) is 11.9. The number of ether oxygens (including phenoxy) is 1. The number of fused-ring (bicyclic) bond motifs is 1. The van der Waals surface area contributed by atoms with Crippen LogP contribution < -0.4 is 10.6 Å². The zero-order valence-corrected chi connectivity index (χ0v) is 25.4. The molecule has 4 atom stereocenters. The van der Waals surface area contributed by atoms with E-state index in [0.717, 1.165) is 29.2 Å². The summed E-state index contributed by atoms with van der Waals surface area (Å²) in [5.74, 6) is -2.79. The number of carbonyl (C=O) groups is 4. The summed E-state index contributed by atoms with van der Waals surface area (Å²) in [5, 5.41) is 17.3. The second-order valence-electron chi connectivity index (χ2n) is 11.9. The molecule has 236 valence electrons. The highest BCUT2D eigenvalue weighted by molar-refractivity contribution is 5.99. The first kappa shape index (κ1) is 31.9. The van der Waals surface area contributed by atoms with Crippen LogP contribution >= 0.6 is 0 Å². The van der Waals surface area contributed by atoms with Crippen molar-refractivity contribution in [2.45, 2.75) is 57.0 Å². The number of aliphatic hydroxyl groups excluding tert-OH is 1. The lowest BCUT2D eigenvalue weighted by Crippen LogP contribution is -2.50. The molecule has 2 aliphatic rings. The fourth-order valence-corrected chi connectivity index (χ4v) is 6.09. The van der Waals surface area contributed by atoms with Crippen molar-refractivity contribution < 1.29 is 29.0 Å². The molecule has 3 N–H and O–H groups in total. The van der Waals surface area contributed by atoms with E-state index in [2.05, 4.69) is 10.6 Å². The third kappa shape index (κ3) is 8.57. The van der Waals surface area contributed by atoms with Gasteiger partial charge in [-0.15, -0.1) is 0 Å². The van der Waals surface area contributed by atoms with Crippen LogP contribution in [0.2, 0.25) is 0 Å². The molecule has 1 fully saturated rings. The largest absolute Gasteiger partial charge is 0.463 e. The Morgan fingerprint density at radius 1 is 0.933 bits per heavy atom. The van der Waals surface area contributed by atoms with E-state index in [9.17, 15) is 24.3 Å². The molecule has 3 aromatic carbocycles. The molecular formula is C36H41N3O6. The van der Waals surface area contributed by atoms with Crippen LogP contribution in [0, 0.1) is 11.8 Å². The summed E-state index contributed by atoms with van der Waals surface area (Å²) >= 11 is 0. The maximum absolute atomic E-state index is 13.7. The summed E-state index contributed by atoms with van der Waals surface area (Å²) in [6.07, 6.45) is 7.21. The number of likely N-dealkylation sites (tertiary alicyclic amines) is 1. The van der Waals surface area contributed by atoms with E-state index in [1.807, 2.05) is 78.9 Å². The number of nitrogens with zero attached hydrogens (tertiary/aromatic N) is 1. The Kier molecular flexibility index (Phi) is 11.0. The van der Waals surface area contributed by atoms with E-state index in [-0.39, 0.29) is 31.6 Å². The van der Waals surface area contributed by atoms with Crippen LogP contribution in [0.25, 0.3) is 10.8 Å². The molecule has 1 saturated heterocycles. The van der Waals surface area contributed by atoms with Gasteiger partial charge in [-0.3, -0.25) is 19.2 Å². The highest BCUT2D eigenvalue weighted by Crippen LogP contribution is 2.23. The zero-order chi connectivity index (χ0) is 31.6. The van der Waals surface area contributed by atoms with Gasteiger partial charge in [0.1, 0.15) is 12.6 Å². The van der Waals surface area contributed by atoms with Crippen molar-refractivity contribution in [2.75, 3.05) is 25.1 Å². The molecule has 0 saturated carbocycles. The summed E-state index contributed by atoms with van der Waals surface area (Å²) < 4.78 is 5.72. The van der Waals surface area contributed by atoms with Gasteiger partial charge in [0.15, 0.2) is 0 Å². The second kappa shape index (κ2) is 15.5. The summed E-state index contributed by atoms with van der Waals surface area (Å²) in [4.78, 5) is 55.5.